The molecule has 48 valence electrons. The number of amides is 2. The topological polar surface area (TPSA) is 101 Å². The van der Waals surface area contributed by atoms with Gasteiger partial charge in [0, 0.05) is 0 Å². The summed E-state index contributed by atoms with van der Waals surface area (Å²) in [6.45, 7) is 0. The monoisotopic (exact) mass is 139 g/mol. The summed E-state index contributed by atoms with van der Waals surface area (Å²) in [5, 5.41) is 0. The van der Waals surface area contributed by atoms with Crippen LogP contribution in [0, 0.1) is 0 Å². The number of hydrogen-bond donors (Lipinski definition) is 4. The van der Waals surface area contributed by atoms with Crippen LogP contribution < -0.4 is 16.0 Å². The molecule has 2 amide bonds. The standard InChI is InChI=1S/CH5N3O3S/c2-3-1(5)4-8(6)7/h8H,2H2,(H2,3,4,5,6,7). The maximum atomic E-state index is 9.89. The second kappa shape index (κ2) is 3.22. The van der Waals surface area contributed by atoms with E-state index in [4.69, 9.17) is 0 Å². The highest BCUT2D eigenvalue weighted by molar-refractivity contribution is 7.70. The second-order valence-electron chi connectivity index (χ2n) is 0.842. The molecule has 7 heteroatoms. The molecule has 6 nitrogen and oxygen atoms in total. The molecule has 0 aliphatic rings. The van der Waals surface area contributed by atoms with E-state index < -0.39 is 16.9 Å². The van der Waals surface area contributed by atoms with Gasteiger partial charge in [-0.2, -0.15) is 0 Å². The molecule has 0 aliphatic carbocycles. The van der Waals surface area contributed by atoms with Gasteiger partial charge in [0.2, 0.25) is 10.9 Å². The summed E-state index contributed by atoms with van der Waals surface area (Å²) >= 11 is 0. The Morgan fingerprint density at radius 3 is 2.12 bits per heavy atom. The van der Waals surface area contributed by atoms with Crippen LogP contribution in [0.25, 0.3) is 0 Å². The normalized spacial score (nSPS) is 8.75. The van der Waals surface area contributed by atoms with Gasteiger partial charge < -0.3 is 0 Å². The number of nitrogens with one attached hydrogen (secondary N) is 2. The molecule has 0 aliphatic heterocycles. The summed E-state index contributed by atoms with van der Waals surface area (Å²) in [7, 11) is -2.89. The van der Waals surface area contributed by atoms with Gasteiger partial charge in [-0.05, 0) is 0 Å². The molecule has 0 unspecified atom stereocenters. The van der Waals surface area contributed by atoms with Crippen molar-refractivity contribution in [2.45, 2.75) is 0 Å². The fourth-order valence-electron chi connectivity index (χ4n) is 0.115. The van der Waals surface area contributed by atoms with Crippen molar-refractivity contribution >= 4 is 16.9 Å². The lowest BCUT2D eigenvalue weighted by molar-refractivity contribution is 0.246. The van der Waals surface area contributed by atoms with Crippen LogP contribution in [0.2, 0.25) is 0 Å². The first-order valence-electron chi connectivity index (χ1n) is 1.58. The van der Waals surface area contributed by atoms with Crippen LogP contribution in [0.15, 0.2) is 0 Å². The Kier molecular flexibility index (Phi) is 2.89. The summed E-state index contributed by atoms with van der Waals surface area (Å²) in [4.78, 5) is 9.89. The molecule has 0 aromatic rings. The van der Waals surface area contributed by atoms with Crippen LogP contribution >= 0.6 is 0 Å². The fraction of sp³-hybridized carbons (Fsp3) is 0. The van der Waals surface area contributed by atoms with Gasteiger partial charge in [-0.3, -0.25) is 5.43 Å². The molecule has 0 saturated heterocycles. The maximum absolute atomic E-state index is 9.89. The number of carbonyl (C=O) groups excluding carboxylic acids is 1. The van der Waals surface area contributed by atoms with E-state index in [1.54, 1.807) is 5.43 Å². The molecule has 0 heterocycles. The highest BCUT2D eigenvalue weighted by Crippen LogP contribution is 1.54. The van der Waals surface area contributed by atoms with Crippen molar-refractivity contribution < 1.29 is 13.2 Å². The van der Waals surface area contributed by atoms with Crippen LogP contribution in [0.3, 0.4) is 0 Å². The maximum Gasteiger partial charge on any atom is 0.342 e. The first-order valence-corrected chi connectivity index (χ1v) is 2.76. The van der Waals surface area contributed by atoms with Crippen LogP contribution in [0.1, 0.15) is 0 Å². The van der Waals surface area contributed by atoms with Gasteiger partial charge in [0.25, 0.3) is 0 Å². The number of hydrazine groups is 1. The minimum Gasteiger partial charge on any atom is -0.275 e. The number of thiol groups is 1. The number of carbonyl (C=O) groups is 1. The molecule has 0 bridgehead atoms. The molecule has 0 rings (SSSR count). The van der Waals surface area contributed by atoms with Crippen molar-refractivity contribution in [3.8, 4) is 0 Å². The zero-order valence-electron chi connectivity index (χ0n) is 3.75. The molecular formula is CH5N3O3S. The van der Waals surface area contributed by atoms with Crippen molar-refractivity contribution in [1.82, 2.24) is 10.1 Å². The number of urea groups is 1. The molecular weight excluding hydrogens is 134 g/mol. The molecule has 0 radical (unpaired) electrons. The molecule has 0 aromatic heterocycles. The Hall–Kier alpha value is -0.820. The summed E-state index contributed by atoms with van der Waals surface area (Å²) in [5.41, 5.74) is 1.56. The van der Waals surface area contributed by atoms with E-state index in [1.165, 1.54) is 4.72 Å². The van der Waals surface area contributed by atoms with Gasteiger partial charge in [-0.15, -0.1) is 0 Å². The predicted molar refractivity (Wildman–Crippen MR) is 26.2 cm³/mol. The first-order chi connectivity index (χ1) is 3.66. The molecule has 8 heavy (non-hydrogen) atoms. The minimum absolute atomic E-state index is 0.943. The van der Waals surface area contributed by atoms with Gasteiger partial charge in [-0.1, -0.05) is 0 Å². The third kappa shape index (κ3) is 3.37. The zero-order valence-corrected chi connectivity index (χ0v) is 4.64. The third-order valence-electron chi connectivity index (χ3n) is 0.324. The fourth-order valence-corrected chi connectivity index (χ4v) is 0.346. The lowest BCUT2D eigenvalue weighted by atomic mass is 11.2. The van der Waals surface area contributed by atoms with E-state index in [9.17, 15) is 13.2 Å². The highest BCUT2D eigenvalue weighted by atomic mass is 32.2. The molecule has 0 fully saturated rings. The van der Waals surface area contributed by atoms with Gasteiger partial charge in [0.05, 0.1) is 0 Å². The van der Waals surface area contributed by atoms with E-state index in [-0.39, 0.29) is 0 Å². The summed E-state index contributed by atoms with van der Waals surface area (Å²) in [5.74, 6) is 4.49. The average molecular weight is 139 g/mol. The molecule has 0 atom stereocenters. The number of rotatable bonds is 1. The van der Waals surface area contributed by atoms with E-state index in [1.807, 2.05) is 0 Å². The second-order valence-corrected chi connectivity index (χ2v) is 1.58. The summed E-state index contributed by atoms with van der Waals surface area (Å²) in [6.07, 6.45) is 0. The summed E-state index contributed by atoms with van der Waals surface area (Å²) < 4.78 is 20.6. The Bertz CT molecular complexity index is 143. The van der Waals surface area contributed by atoms with E-state index in [0.717, 1.165) is 0 Å². The lowest BCUT2D eigenvalue weighted by Gasteiger charge is -1.91. The number of nitrogens with two attached hydrogens (primary N) is 1. The number of hydrogen-bond acceptors (Lipinski definition) is 4. The van der Waals surface area contributed by atoms with Crippen molar-refractivity contribution in [2.75, 3.05) is 0 Å². The van der Waals surface area contributed by atoms with Gasteiger partial charge in [0.1, 0.15) is 0 Å². The minimum atomic E-state index is -2.89. The van der Waals surface area contributed by atoms with E-state index in [0.29, 0.717) is 0 Å². The highest BCUT2D eigenvalue weighted by Gasteiger charge is 1.91. The smallest absolute Gasteiger partial charge is 0.275 e. The third-order valence-corrected chi connectivity index (χ3v) is 0.710. The SMILES string of the molecule is NNC(=O)N[SH](=O)=O. The summed E-state index contributed by atoms with van der Waals surface area (Å²) in [6, 6.07) is -0.943. The zero-order chi connectivity index (χ0) is 6.57. The van der Waals surface area contributed by atoms with Crippen LogP contribution in [0.5, 0.6) is 0 Å². The average Bonchev–Trinajstić information content (AvgIpc) is 1.65. The molecule has 0 spiro atoms. The van der Waals surface area contributed by atoms with Crippen LogP contribution in [-0.2, 0) is 10.9 Å². The largest absolute Gasteiger partial charge is 0.342 e. The van der Waals surface area contributed by atoms with E-state index >= 15 is 0 Å². The molecule has 0 aromatic carbocycles. The lowest BCUT2D eigenvalue weighted by Crippen LogP contribution is -2.38. The Morgan fingerprint density at radius 2 is 2.00 bits per heavy atom. The Morgan fingerprint density at radius 1 is 1.50 bits per heavy atom. The van der Waals surface area contributed by atoms with Gasteiger partial charge in [0.15, 0.2) is 0 Å². The van der Waals surface area contributed by atoms with Crippen molar-refractivity contribution in [2.24, 2.45) is 5.84 Å². The first kappa shape index (κ1) is 7.18. The molecule has 0 saturated carbocycles. The van der Waals surface area contributed by atoms with Crippen LogP contribution in [-0.4, -0.2) is 14.4 Å². The van der Waals surface area contributed by atoms with Crippen molar-refractivity contribution in [3.05, 3.63) is 0 Å². The van der Waals surface area contributed by atoms with Gasteiger partial charge in [-0.25, -0.2) is 23.8 Å². The molecule has 4 N–H and O–H groups in total. The van der Waals surface area contributed by atoms with E-state index in [2.05, 4.69) is 5.84 Å². The quantitative estimate of drug-likeness (QED) is 0.142. The Balaban J connectivity index is 3.56. The van der Waals surface area contributed by atoms with Crippen LogP contribution in [0.4, 0.5) is 4.79 Å². The Labute approximate surface area is 47.1 Å². The van der Waals surface area contributed by atoms with Crippen molar-refractivity contribution in [3.63, 3.8) is 0 Å². The predicted octanol–water partition coefficient (Wildman–Crippen LogP) is -2.31. The van der Waals surface area contributed by atoms with Gasteiger partial charge >= 0.3 is 6.03 Å². The van der Waals surface area contributed by atoms with Crippen molar-refractivity contribution in [1.29, 1.82) is 0 Å².